The number of carbonyl (C=O) groups is 2. The Bertz CT molecular complexity index is 893. The van der Waals surface area contributed by atoms with E-state index in [0.717, 1.165) is 13.3 Å². The molecule has 5 N–H and O–H groups in total. The summed E-state index contributed by atoms with van der Waals surface area (Å²) in [5, 5.41) is 19.9. The number of halogens is 1. The van der Waals surface area contributed by atoms with Crippen molar-refractivity contribution in [2.75, 3.05) is 7.11 Å². The van der Waals surface area contributed by atoms with Crippen LogP contribution in [0.15, 0.2) is 29.2 Å². The third-order valence-electron chi connectivity index (χ3n) is 3.64. The van der Waals surface area contributed by atoms with Gasteiger partial charge in [0.15, 0.2) is 0 Å². The maximum Gasteiger partial charge on any atom is 0.343 e. The monoisotopic (exact) mass is 366 g/mol. The molecule has 0 saturated carbocycles. The number of ether oxygens (including phenoxy) is 1. The first kappa shape index (κ1) is 18.3. The van der Waals surface area contributed by atoms with E-state index in [1.807, 2.05) is 0 Å². The highest BCUT2D eigenvalue weighted by Gasteiger charge is 2.27. The van der Waals surface area contributed by atoms with Gasteiger partial charge in [-0.25, -0.2) is 4.79 Å². The smallest absolute Gasteiger partial charge is 0.343 e. The molecule has 0 radical (unpaired) electrons. The number of aromatic nitrogens is 1. The van der Waals surface area contributed by atoms with Crippen LogP contribution in [-0.2, 0) is 9.53 Å². The molecule has 0 aliphatic rings. The second-order valence-electron chi connectivity index (χ2n) is 5.22. The molecule has 0 fully saturated rings. The zero-order valence-electron chi connectivity index (χ0n) is 13.1. The number of phenols is 1. The molecule has 1 amide bonds. The van der Waals surface area contributed by atoms with Crippen molar-refractivity contribution in [2.45, 2.75) is 12.3 Å². The normalized spacial score (nSPS) is 11.8. The fraction of sp³-hybridized carbons (Fsp3) is 0.188. The molecule has 2 rings (SSSR count). The van der Waals surface area contributed by atoms with E-state index in [1.165, 1.54) is 18.2 Å². The fourth-order valence-electron chi connectivity index (χ4n) is 2.45. The number of H-pyrrole nitrogens is 1. The summed E-state index contributed by atoms with van der Waals surface area (Å²) in [5.74, 6) is -3.40. The van der Waals surface area contributed by atoms with Gasteiger partial charge in [-0.1, -0.05) is 17.7 Å². The van der Waals surface area contributed by atoms with Gasteiger partial charge >= 0.3 is 5.97 Å². The van der Waals surface area contributed by atoms with Crippen LogP contribution in [0, 0.1) is 0 Å². The second kappa shape index (κ2) is 7.27. The third kappa shape index (κ3) is 3.74. The molecule has 2 aromatic rings. The van der Waals surface area contributed by atoms with Crippen LogP contribution in [0.25, 0.3) is 0 Å². The Labute approximate surface area is 146 Å². The zero-order valence-corrected chi connectivity index (χ0v) is 13.8. The zero-order chi connectivity index (χ0) is 18.7. The number of primary amides is 1. The minimum absolute atomic E-state index is 0.00740. The summed E-state index contributed by atoms with van der Waals surface area (Å²) in [4.78, 5) is 37.8. The van der Waals surface area contributed by atoms with Gasteiger partial charge in [0.25, 0.3) is 5.56 Å². The van der Waals surface area contributed by atoms with Crippen molar-refractivity contribution in [1.29, 1.82) is 0 Å². The van der Waals surface area contributed by atoms with Crippen LogP contribution in [0.3, 0.4) is 0 Å². The lowest BCUT2D eigenvalue weighted by molar-refractivity contribution is -0.118. The molecule has 1 aromatic carbocycles. The van der Waals surface area contributed by atoms with Gasteiger partial charge in [0, 0.05) is 18.5 Å². The average Bonchev–Trinajstić information content (AvgIpc) is 2.55. The SMILES string of the molecule is COC(=O)c1c[nH]c(=O)c([C@H](CC(N)=O)c2ccc(O)c(Cl)c2)c1O. The topological polar surface area (TPSA) is 143 Å². The molecular formula is C16H15ClN2O6. The Morgan fingerprint density at radius 1 is 1.36 bits per heavy atom. The largest absolute Gasteiger partial charge is 0.506 e. The minimum Gasteiger partial charge on any atom is -0.506 e. The number of esters is 1. The van der Waals surface area contributed by atoms with Gasteiger partial charge in [0.05, 0.1) is 17.7 Å². The summed E-state index contributed by atoms with van der Waals surface area (Å²) in [7, 11) is 1.12. The minimum atomic E-state index is -0.982. The van der Waals surface area contributed by atoms with Crippen molar-refractivity contribution in [3.8, 4) is 11.5 Å². The Balaban J connectivity index is 2.70. The number of benzene rings is 1. The molecule has 1 heterocycles. The summed E-state index contributed by atoms with van der Waals surface area (Å²) in [5.41, 5.74) is 4.40. The van der Waals surface area contributed by atoms with Crippen molar-refractivity contribution < 1.29 is 24.5 Å². The van der Waals surface area contributed by atoms with Crippen LogP contribution < -0.4 is 11.3 Å². The fourth-order valence-corrected chi connectivity index (χ4v) is 2.64. The first-order chi connectivity index (χ1) is 11.8. The molecule has 25 heavy (non-hydrogen) atoms. The first-order valence-electron chi connectivity index (χ1n) is 7.05. The molecule has 132 valence electrons. The number of carbonyl (C=O) groups excluding carboxylic acids is 2. The van der Waals surface area contributed by atoms with Gasteiger partial charge in [-0.2, -0.15) is 0 Å². The van der Waals surface area contributed by atoms with Gasteiger partial charge in [-0.3, -0.25) is 9.59 Å². The van der Waals surface area contributed by atoms with E-state index >= 15 is 0 Å². The van der Waals surface area contributed by atoms with Crippen LogP contribution in [0.1, 0.15) is 33.8 Å². The highest BCUT2D eigenvalue weighted by Crippen LogP contribution is 2.36. The first-order valence-corrected chi connectivity index (χ1v) is 7.43. The molecule has 8 nitrogen and oxygen atoms in total. The number of nitrogens with two attached hydrogens (primary N) is 1. The molecule has 0 bridgehead atoms. The Kier molecular flexibility index (Phi) is 5.33. The van der Waals surface area contributed by atoms with E-state index in [2.05, 4.69) is 9.72 Å². The van der Waals surface area contributed by atoms with Crippen LogP contribution in [0.2, 0.25) is 5.02 Å². The molecule has 0 aliphatic carbocycles. The summed E-state index contributed by atoms with van der Waals surface area (Å²) in [6, 6.07) is 4.05. The maximum absolute atomic E-state index is 12.2. The third-order valence-corrected chi connectivity index (χ3v) is 3.94. The highest BCUT2D eigenvalue weighted by molar-refractivity contribution is 6.32. The van der Waals surface area contributed by atoms with Gasteiger partial charge in [0.1, 0.15) is 17.1 Å². The van der Waals surface area contributed by atoms with Gasteiger partial charge in [0.2, 0.25) is 5.91 Å². The number of rotatable bonds is 5. The molecule has 0 aliphatic heterocycles. The van der Waals surface area contributed by atoms with Crippen LogP contribution in [0.5, 0.6) is 11.5 Å². The van der Waals surface area contributed by atoms with E-state index in [-0.39, 0.29) is 28.3 Å². The standard InChI is InChI=1S/C16H15ClN2O6/c1-25-16(24)9-6-19-15(23)13(14(9)22)8(5-12(18)21)7-2-3-11(20)10(17)4-7/h2-4,6,8,20H,5H2,1H3,(H2,18,21)(H2,19,22,23)/t8-/m1/s1. The summed E-state index contributed by atoms with van der Waals surface area (Å²) >= 11 is 5.88. The molecule has 1 atom stereocenters. The lowest BCUT2D eigenvalue weighted by Crippen LogP contribution is -2.23. The second-order valence-corrected chi connectivity index (χ2v) is 5.63. The van der Waals surface area contributed by atoms with Crippen molar-refractivity contribution in [2.24, 2.45) is 5.73 Å². The van der Waals surface area contributed by atoms with E-state index in [1.54, 1.807) is 0 Å². The van der Waals surface area contributed by atoms with Gasteiger partial charge in [-0.15, -0.1) is 0 Å². The Morgan fingerprint density at radius 3 is 2.60 bits per heavy atom. The number of hydrogen-bond acceptors (Lipinski definition) is 6. The molecule has 9 heteroatoms. The van der Waals surface area contributed by atoms with E-state index in [0.29, 0.717) is 5.56 Å². The predicted molar refractivity (Wildman–Crippen MR) is 88.8 cm³/mol. The van der Waals surface area contributed by atoms with E-state index < -0.39 is 29.1 Å². The van der Waals surface area contributed by atoms with E-state index in [4.69, 9.17) is 17.3 Å². The molecular weight excluding hydrogens is 352 g/mol. The van der Waals surface area contributed by atoms with Gasteiger partial charge < -0.3 is 25.7 Å². The summed E-state index contributed by atoms with van der Waals surface area (Å²) in [6.45, 7) is 0. The predicted octanol–water partition coefficient (Wildman–Crippen LogP) is 1.23. The van der Waals surface area contributed by atoms with E-state index in [9.17, 15) is 24.6 Å². The highest BCUT2D eigenvalue weighted by atomic mass is 35.5. The van der Waals surface area contributed by atoms with Crippen LogP contribution in [0.4, 0.5) is 0 Å². The van der Waals surface area contributed by atoms with Gasteiger partial charge in [-0.05, 0) is 17.7 Å². The number of methoxy groups -OCH3 is 1. The molecule has 0 unspecified atom stereocenters. The molecule has 0 saturated heterocycles. The van der Waals surface area contributed by atoms with Crippen LogP contribution >= 0.6 is 11.6 Å². The number of amides is 1. The Morgan fingerprint density at radius 2 is 2.04 bits per heavy atom. The number of hydrogen-bond donors (Lipinski definition) is 4. The molecule has 0 spiro atoms. The average molecular weight is 367 g/mol. The lowest BCUT2D eigenvalue weighted by Gasteiger charge is -2.18. The number of aromatic hydroxyl groups is 2. The quantitative estimate of drug-likeness (QED) is 0.586. The number of aromatic amines is 1. The summed E-state index contributed by atoms with van der Waals surface area (Å²) < 4.78 is 4.55. The lowest BCUT2D eigenvalue weighted by atomic mass is 9.87. The molecule has 1 aromatic heterocycles. The number of nitrogens with one attached hydrogen (secondary N) is 1. The van der Waals surface area contributed by atoms with Crippen molar-refractivity contribution in [3.63, 3.8) is 0 Å². The van der Waals surface area contributed by atoms with Crippen molar-refractivity contribution in [3.05, 3.63) is 56.5 Å². The van der Waals surface area contributed by atoms with Crippen LogP contribution in [-0.4, -0.2) is 34.2 Å². The summed E-state index contributed by atoms with van der Waals surface area (Å²) in [6.07, 6.45) is 0.681. The number of pyridine rings is 1. The Hall–Kier alpha value is -3.00. The maximum atomic E-state index is 12.2. The van der Waals surface area contributed by atoms with Crippen molar-refractivity contribution in [1.82, 2.24) is 4.98 Å². The van der Waals surface area contributed by atoms with Crippen molar-refractivity contribution >= 4 is 23.5 Å². The number of phenolic OH excluding ortho intramolecular Hbond substituents is 1.